The monoisotopic (exact) mass is 449 g/mol. The van der Waals surface area contributed by atoms with Gasteiger partial charge in [0.05, 0.1) is 4.90 Å². The number of aryl methyl sites for hydroxylation is 1. The normalized spacial score (nSPS) is 15.4. The number of halogens is 1. The first-order chi connectivity index (χ1) is 14.2. The molecule has 1 fully saturated rings. The zero-order chi connectivity index (χ0) is 21.9. The molecule has 0 atom stereocenters. The molecule has 1 aliphatic heterocycles. The number of nitrogens with one attached hydrogen (secondary N) is 1. The van der Waals surface area contributed by atoms with E-state index < -0.39 is 10.0 Å². The van der Waals surface area contributed by atoms with E-state index in [2.05, 4.69) is 10.2 Å². The Morgan fingerprint density at radius 1 is 1.10 bits per heavy atom. The molecule has 3 rings (SSSR count). The summed E-state index contributed by atoms with van der Waals surface area (Å²) in [5.74, 6) is 0.0704. The molecule has 0 spiro atoms. The van der Waals surface area contributed by atoms with Crippen LogP contribution in [0.1, 0.15) is 29.8 Å². The molecule has 0 saturated carbocycles. The molecule has 0 bridgehead atoms. The van der Waals surface area contributed by atoms with Gasteiger partial charge in [-0.2, -0.15) is 4.31 Å². The second-order valence-electron chi connectivity index (χ2n) is 7.95. The van der Waals surface area contributed by atoms with Crippen LogP contribution in [0.2, 0.25) is 5.02 Å². The quantitative estimate of drug-likeness (QED) is 0.732. The highest BCUT2D eigenvalue weighted by atomic mass is 35.5. The average molecular weight is 450 g/mol. The first kappa shape index (κ1) is 22.6. The molecule has 30 heavy (non-hydrogen) atoms. The van der Waals surface area contributed by atoms with Crippen molar-refractivity contribution in [1.82, 2.24) is 9.62 Å². The van der Waals surface area contributed by atoms with Crippen LogP contribution in [0.25, 0.3) is 0 Å². The van der Waals surface area contributed by atoms with E-state index >= 15 is 0 Å². The van der Waals surface area contributed by atoms with Crippen LogP contribution in [-0.4, -0.2) is 51.4 Å². The molecule has 1 amide bonds. The van der Waals surface area contributed by atoms with Crippen molar-refractivity contribution < 1.29 is 13.2 Å². The van der Waals surface area contributed by atoms with Gasteiger partial charge in [0.15, 0.2) is 0 Å². The van der Waals surface area contributed by atoms with Crippen molar-refractivity contribution in [3.63, 3.8) is 0 Å². The zero-order valence-corrected chi connectivity index (χ0v) is 19.1. The van der Waals surface area contributed by atoms with Gasteiger partial charge in [-0.25, -0.2) is 8.42 Å². The summed E-state index contributed by atoms with van der Waals surface area (Å²) in [6.45, 7) is 8.27. The summed E-state index contributed by atoms with van der Waals surface area (Å²) in [6.07, 6.45) is 0. The van der Waals surface area contributed by atoms with Crippen molar-refractivity contribution in [3.8, 4) is 0 Å². The third kappa shape index (κ3) is 5.14. The minimum atomic E-state index is -3.68. The first-order valence-corrected chi connectivity index (χ1v) is 11.9. The van der Waals surface area contributed by atoms with Gasteiger partial charge in [0, 0.05) is 49.0 Å². The summed E-state index contributed by atoms with van der Waals surface area (Å²) in [5.41, 5.74) is 2.13. The van der Waals surface area contributed by atoms with Gasteiger partial charge in [-0.15, -0.1) is 0 Å². The lowest BCUT2D eigenvalue weighted by molar-refractivity contribution is 0.0948. The number of carbonyl (C=O) groups excluding carboxylic acids is 1. The van der Waals surface area contributed by atoms with E-state index in [1.54, 1.807) is 12.1 Å². The Labute approximate surface area is 183 Å². The topological polar surface area (TPSA) is 69.7 Å². The molecule has 162 valence electrons. The third-order valence-electron chi connectivity index (χ3n) is 5.17. The van der Waals surface area contributed by atoms with Crippen LogP contribution in [0.4, 0.5) is 5.69 Å². The second-order valence-corrected chi connectivity index (χ2v) is 10.3. The Balaban J connectivity index is 1.74. The number of hydrogen-bond acceptors (Lipinski definition) is 4. The number of benzene rings is 2. The molecule has 0 aliphatic carbocycles. The van der Waals surface area contributed by atoms with E-state index in [1.165, 1.54) is 10.4 Å². The molecule has 1 N–H and O–H groups in total. The molecule has 1 saturated heterocycles. The highest BCUT2D eigenvalue weighted by Gasteiger charge is 2.29. The Morgan fingerprint density at radius 3 is 2.43 bits per heavy atom. The lowest BCUT2D eigenvalue weighted by atomic mass is 10.1. The Hall–Kier alpha value is -2.09. The highest BCUT2D eigenvalue weighted by molar-refractivity contribution is 7.89. The van der Waals surface area contributed by atoms with Crippen molar-refractivity contribution >= 4 is 33.2 Å². The van der Waals surface area contributed by atoms with Crippen LogP contribution < -0.4 is 10.2 Å². The van der Waals surface area contributed by atoms with Gasteiger partial charge >= 0.3 is 0 Å². The van der Waals surface area contributed by atoms with Crippen LogP contribution in [0.5, 0.6) is 0 Å². The fourth-order valence-electron chi connectivity index (χ4n) is 3.41. The molecule has 0 unspecified atom stereocenters. The maximum atomic E-state index is 13.2. The average Bonchev–Trinajstić information content (AvgIpc) is 2.72. The molecule has 0 aromatic heterocycles. The number of rotatable bonds is 6. The maximum absolute atomic E-state index is 13.2. The van der Waals surface area contributed by atoms with Crippen LogP contribution in [0, 0.1) is 12.8 Å². The number of anilines is 1. The summed E-state index contributed by atoms with van der Waals surface area (Å²) in [6, 6.07) is 12.3. The zero-order valence-electron chi connectivity index (χ0n) is 17.6. The number of carbonyl (C=O) groups is 1. The smallest absolute Gasteiger partial charge is 0.251 e. The largest absolute Gasteiger partial charge is 0.369 e. The lowest BCUT2D eigenvalue weighted by Crippen LogP contribution is -2.48. The minimum Gasteiger partial charge on any atom is -0.369 e. The highest BCUT2D eigenvalue weighted by Crippen LogP contribution is 2.24. The van der Waals surface area contributed by atoms with Crippen LogP contribution in [0.15, 0.2) is 47.4 Å². The first-order valence-electron chi connectivity index (χ1n) is 10.1. The van der Waals surface area contributed by atoms with Crippen LogP contribution >= 0.6 is 11.6 Å². The van der Waals surface area contributed by atoms with E-state index in [9.17, 15) is 13.2 Å². The summed E-state index contributed by atoms with van der Waals surface area (Å²) in [7, 11) is -3.68. The van der Waals surface area contributed by atoms with Gasteiger partial charge < -0.3 is 10.2 Å². The maximum Gasteiger partial charge on any atom is 0.251 e. The van der Waals surface area contributed by atoms with Gasteiger partial charge in [-0.05, 0) is 48.7 Å². The Bertz CT molecular complexity index is 1020. The van der Waals surface area contributed by atoms with Gasteiger partial charge in [-0.1, -0.05) is 37.6 Å². The van der Waals surface area contributed by atoms with Crippen LogP contribution in [0.3, 0.4) is 0 Å². The summed E-state index contributed by atoms with van der Waals surface area (Å²) in [5, 5.41) is 3.52. The molecule has 2 aromatic carbocycles. The second kappa shape index (κ2) is 9.37. The molecule has 1 aliphatic rings. The Morgan fingerprint density at radius 2 is 1.80 bits per heavy atom. The molecule has 6 nitrogen and oxygen atoms in total. The fourth-order valence-corrected chi connectivity index (χ4v) is 5.04. The van der Waals surface area contributed by atoms with E-state index in [-0.39, 0.29) is 10.8 Å². The van der Waals surface area contributed by atoms with E-state index in [0.717, 1.165) is 11.3 Å². The van der Waals surface area contributed by atoms with Crippen molar-refractivity contribution in [2.45, 2.75) is 25.7 Å². The van der Waals surface area contributed by atoms with Gasteiger partial charge in [0.2, 0.25) is 10.0 Å². The molecule has 8 heteroatoms. The standard InChI is InChI=1S/C22H28ClN3O3S/c1-16(2)15-24-22(27)21-14-20(8-7-17(21)3)30(28,29)26-11-9-25(10-12-26)19-6-4-5-18(23)13-19/h4-8,13-14,16H,9-12,15H2,1-3H3,(H,24,27). The van der Waals surface area contributed by atoms with Crippen molar-refractivity contribution in [1.29, 1.82) is 0 Å². The number of amides is 1. The fraction of sp³-hybridized carbons (Fsp3) is 0.409. The predicted molar refractivity (Wildman–Crippen MR) is 121 cm³/mol. The summed E-state index contributed by atoms with van der Waals surface area (Å²) in [4.78, 5) is 14.8. The molecular formula is C22H28ClN3O3S. The summed E-state index contributed by atoms with van der Waals surface area (Å²) < 4.78 is 27.9. The SMILES string of the molecule is Cc1ccc(S(=O)(=O)N2CCN(c3cccc(Cl)c3)CC2)cc1C(=O)NCC(C)C. The van der Waals surface area contributed by atoms with Gasteiger partial charge in [0.25, 0.3) is 5.91 Å². The minimum absolute atomic E-state index is 0.152. The number of nitrogens with zero attached hydrogens (tertiary/aromatic N) is 2. The molecule has 2 aromatic rings. The number of sulfonamides is 1. The van der Waals surface area contributed by atoms with Crippen LogP contribution in [-0.2, 0) is 10.0 Å². The number of piperazine rings is 1. The summed E-state index contributed by atoms with van der Waals surface area (Å²) >= 11 is 6.07. The van der Waals surface area contributed by atoms with E-state index in [4.69, 9.17) is 11.6 Å². The van der Waals surface area contributed by atoms with E-state index in [1.807, 2.05) is 45.0 Å². The van der Waals surface area contributed by atoms with Gasteiger partial charge in [0.1, 0.15) is 0 Å². The molecule has 1 heterocycles. The lowest BCUT2D eigenvalue weighted by Gasteiger charge is -2.35. The van der Waals surface area contributed by atoms with E-state index in [0.29, 0.717) is 49.2 Å². The van der Waals surface area contributed by atoms with Crippen molar-refractivity contribution in [2.75, 3.05) is 37.6 Å². The molecule has 0 radical (unpaired) electrons. The van der Waals surface area contributed by atoms with Crippen molar-refractivity contribution in [2.24, 2.45) is 5.92 Å². The predicted octanol–water partition coefficient (Wildman–Crippen LogP) is 3.55. The third-order valence-corrected chi connectivity index (χ3v) is 7.30. The Kier molecular flexibility index (Phi) is 7.06. The number of hydrogen-bond donors (Lipinski definition) is 1. The molecular weight excluding hydrogens is 422 g/mol. The van der Waals surface area contributed by atoms with Gasteiger partial charge in [-0.3, -0.25) is 4.79 Å². The van der Waals surface area contributed by atoms with Crippen molar-refractivity contribution in [3.05, 3.63) is 58.6 Å².